The highest BCUT2D eigenvalue weighted by Gasteiger charge is 2.43. The molecule has 0 radical (unpaired) electrons. The molecule has 9 heteroatoms. The normalized spacial score (nSPS) is 26.3. The minimum atomic E-state index is -1.62. The molecule has 0 aliphatic carbocycles. The third kappa shape index (κ3) is 4.65. The number of Topliss-reactive ketones (excluding diaryl/α,β-unsaturated/α-hetero) is 1. The van der Waals surface area contributed by atoms with Crippen molar-refractivity contribution in [1.82, 2.24) is 0 Å². The highest BCUT2D eigenvalue weighted by atomic mass is 16.7. The van der Waals surface area contributed by atoms with Crippen LogP contribution >= 0.6 is 0 Å². The van der Waals surface area contributed by atoms with E-state index in [-0.39, 0.29) is 29.2 Å². The van der Waals surface area contributed by atoms with Crippen LogP contribution in [0.5, 0.6) is 23.0 Å². The van der Waals surface area contributed by atoms with Gasteiger partial charge in [0.1, 0.15) is 46.9 Å². The number of benzene rings is 2. The summed E-state index contributed by atoms with van der Waals surface area (Å²) in [6, 6.07) is 8.39. The summed E-state index contributed by atoms with van der Waals surface area (Å²) in [7, 11) is 0. The Balaban J connectivity index is 1.81. The number of aryl methyl sites for hydroxylation is 1. The second-order valence-corrected chi connectivity index (χ2v) is 7.23. The number of ketones is 1. The van der Waals surface area contributed by atoms with E-state index in [1.165, 1.54) is 19.1 Å². The van der Waals surface area contributed by atoms with E-state index < -0.39 is 42.2 Å². The fraction of sp³-hybridized carbons (Fsp3) is 0.381. The quantitative estimate of drug-likeness (QED) is 0.372. The summed E-state index contributed by atoms with van der Waals surface area (Å²) in [4.78, 5) is 12.8. The summed E-state index contributed by atoms with van der Waals surface area (Å²) in [6.07, 6.45) is -6.49. The highest BCUT2D eigenvalue weighted by Crippen LogP contribution is 2.36. The average Bonchev–Trinajstić information content (AvgIpc) is 2.69. The predicted molar refractivity (Wildman–Crippen MR) is 104 cm³/mol. The minimum absolute atomic E-state index is 0.00864. The second-order valence-electron chi connectivity index (χ2n) is 7.23. The van der Waals surface area contributed by atoms with Crippen molar-refractivity contribution < 1.29 is 44.9 Å². The summed E-state index contributed by atoms with van der Waals surface area (Å²) in [5.74, 6) is -1.52. The Hall–Kier alpha value is -2.85. The van der Waals surface area contributed by atoms with Gasteiger partial charge in [-0.3, -0.25) is 4.79 Å². The number of rotatable bonds is 6. The molecule has 5 atom stereocenters. The van der Waals surface area contributed by atoms with Crippen LogP contribution in [-0.4, -0.2) is 67.1 Å². The van der Waals surface area contributed by atoms with Gasteiger partial charge in [0.05, 0.1) is 6.10 Å². The van der Waals surface area contributed by atoms with Crippen molar-refractivity contribution in [2.75, 3.05) is 0 Å². The van der Waals surface area contributed by atoms with Gasteiger partial charge in [0.25, 0.3) is 0 Å². The minimum Gasteiger partial charge on any atom is -0.508 e. The number of phenolic OH excluding ortho intramolecular Hbond substituents is 3. The molecule has 1 aliphatic rings. The van der Waals surface area contributed by atoms with Crippen molar-refractivity contribution in [3.05, 3.63) is 47.5 Å². The molecule has 0 bridgehead atoms. The van der Waals surface area contributed by atoms with Crippen LogP contribution in [0.4, 0.5) is 0 Å². The Kier molecular flexibility index (Phi) is 6.47. The largest absolute Gasteiger partial charge is 0.508 e. The van der Waals surface area contributed by atoms with Gasteiger partial charge >= 0.3 is 0 Å². The molecule has 1 heterocycles. The number of carbonyl (C=O) groups excluding carboxylic acids is 1. The first-order valence-corrected chi connectivity index (χ1v) is 9.40. The fourth-order valence-corrected chi connectivity index (χ4v) is 3.24. The standard InChI is InChI=1S/C21H24O9/c1-10-18(26)19(27)20(28)21(29-10)30-16-9-13(23)8-15(25)17(16)14(24)7-4-11-2-5-12(22)6-3-11/h2-3,5-6,8-10,18-23,25-28H,4,7H2,1H3/t10-,18+,19+,20-,21+/m0/s1. The lowest BCUT2D eigenvalue weighted by molar-refractivity contribution is -0.268. The van der Waals surface area contributed by atoms with Crippen LogP contribution < -0.4 is 4.74 Å². The van der Waals surface area contributed by atoms with E-state index in [9.17, 15) is 35.4 Å². The molecule has 0 aromatic heterocycles. The topological polar surface area (TPSA) is 157 Å². The van der Waals surface area contributed by atoms with Crippen molar-refractivity contribution in [2.45, 2.75) is 50.5 Å². The lowest BCUT2D eigenvalue weighted by Crippen LogP contribution is -2.58. The van der Waals surface area contributed by atoms with E-state index in [1.54, 1.807) is 12.1 Å². The van der Waals surface area contributed by atoms with Crippen molar-refractivity contribution >= 4 is 5.78 Å². The van der Waals surface area contributed by atoms with Gasteiger partial charge in [-0.15, -0.1) is 0 Å². The lowest BCUT2D eigenvalue weighted by atomic mass is 9.99. The monoisotopic (exact) mass is 420 g/mol. The van der Waals surface area contributed by atoms with Crippen LogP contribution in [0.2, 0.25) is 0 Å². The lowest BCUT2D eigenvalue weighted by Gasteiger charge is -2.39. The van der Waals surface area contributed by atoms with E-state index in [1.807, 2.05) is 0 Å². The number of aromatic hydroxyl groups is 3. The van der Waals surface area contributed by atoms with Crippen LogP contribution in [0, 0.1) is 0 Å². The van der Waals surface area contributed by atoms with Crippen molar-refractivity contribution in [2.24, 2.45) is 0 Å². The Bertz CT molecular complexity index is 896. The van der Waals surface area contributed by atoms with Gasteiger partial charge < -0.3 is 40.1 Å². The number of ether oxygens (including phenoxy) is 2. The van der Waals surface area contributed by atoms with Crippen LogP contribution in [-0.2, 0) is 11.2 Å². The van der Waals surface area contributed by atoms with Gasteiger partial charge in [0, 0.05) is 18.6 Å². The van der Waals surface area contributed by atoms with Gasteiger partial charge in [-0.05, 0) is 31.0 Å². The Morgan fingerprint density at radius 1 is 0.967 bits per heavy atom. The van der Waals surface area contributed by atoms with Crippen LogP contribution in [0.3, 0.4) is 0 Å². The van der Waals surface area contributed by atoms with E-state index in [0.29, 0.717) is 6.42 Å². The summed E-state index contributed by atoms with van der Waals surface area (Å²) >= 11 is 0. The van der Waals surface area contributed by atoms with Crippen LogP contribution in [0.1, 0.15) is 29.3 Å². The molecule has 9 nitrogen and oxygen atoms in total. The molecule has 1 saturated heterocycles. The fourth-order valence-electron chi connectivity index (χ4n) is 3.24. The van der Waals surface area contributed by atoms with Gasteiger partial charge in [-0.25, -0.2) is 0 Å². The van der Waals surface area contributed by atoms with Gasteiger partial charge in [-0.2, -0.15) is 0 Å². The first-order valence-electron chi connectivity index (χ1n) is 9.40. The Morgan fingerprint density at radius 2 is 1.63 bits per heavy atom. The zero-order valence-electron chi connectivity index (χ0n) is 16.2. The van der Waals surface area contributed by atoms with Gasteiger partial charge in [0.15, 0.2) is 5.78 Å². The maximum Gasteiger partial charge on any atom is 0.229 e. The number of hydrogen-bond acceptors (Lipinski definition) is 9. The first kappa shape index (κ1) is 21.8. The average molecular weight is 420 g/mol. The maximum absolute atomic E-state index is 12.8. The highest BCUT2D eigenvalue weighted by molar-refractivity contribution is 6.01. The molecule has 2 aromatic carbocycles. The molecule has 0 amide bonds. The molecule has 162 valence electrons. The van der Waals surface area contributed by atoms with E-state index in [4.69, 9.17) is 9.47 Å². The zero-order valence-corrected chi connectivity index (χ0v) is 16.2. The first-order chi connectivity index (χ1) is 14.2. The van der Waals surface area contributed by atoms with Crippen molar-refractivity contribution in [1.29, 1.82) is 0 Å². The van der Waals surface area contributed by atoms with Crippen molar-refractivity contribution in [3.8, 4) is 23.0 Å². The third-order valence-corrected chi connectivity index (χ3v) is 4.97. The molecule has 0 unspecified atom stereocenters. The van der Waals surface area contributed by atoms with Gasteiger partial charge in [0.2, 0.25) is 6.29 Å². The number of phenols is 3. The summed E-state index contributed by atoms with van der Waals surface area (Å²) in [5.41, 5.74) is 0.578. The second kappa shape index (κ2) is 8.88. The number of hydrogen-bond donors (Lipinski definition) is 6. The van der Waals surface area contributed by atoms with Crippen LogP contribution in [0.15, 0.2) is 36.4 Å². The van der Waals surface area contributed by atoms with Gasteiger partial charge in [-0.1, -0.05) is 12.1 Å². The number of aliphatic hydroxyl groups is 3. The molecule has 30 heavy (non-hydrogen) atoms. The molecule has 1 aliphatic heterocycles. The predicted octanol–water partition coefficient (Wildman–Crippen LogP) is 0.825. The Morgan fingerprint density at radius 3 is 2.30 bits per heavy atom. The zero-order chi connectivity index (χ0) is 22.0. The molecule has 1 fully saturated rings. The molecule has 0 saturated carbocycles. The van der Waals surface area contributed by atoms with Crippen molar-refractivity contribution in [3.63, 3.8) is 0 Å². The number of aliphatic hydroxyl groups excluding tert-OH is 3. The SMILES string of the molecule is C[C@@H]1O[C@H](Oc2cc(O)cc(O)c2C(=O)CCc2ccc(O)cc2)[C@@H](O)[C@H](O)[C@@H]1O. The molecule has 3 rings (SSSR count). The molecular formula is C21H24O9. The van der Waals surface area contributed by atoms with E-state index in [0.717, 1.165) is 17.7 Å². The Labute approximate surface area is 172 Å². The van der Waals surface area contributed by atoms with E-state index in [2.05, 4.69) is 0 Å². The summed E-state index contributed by atoms with van der Waals surface area (Å²) < 4.78 is 10.9. The molecule has 0 spiro atoms. The maximum atomic E-state index is 12.8. The molecule has 6 N–H and O–H groups in total. The summed E-state index contributed by atoms with van der Waals surface area (Å²) in [6.45, 7) is 1.47. The molecular weight excluding hydrogens is 396 g/mol. The number of carbonyl (C=O) groups is 1. The van der Waals surface area contributed by atoms with E-state index >= 15 is 0 Å². The smallest absolute Gasteiger partial charge is 0.229 e. The third-order valence-electron chi connectivity index (χ3n) is 4.97. The summed E-state index contributed by atoms with van der Waals surface area (Å²) in [5, 5.41) is 59.2. The van der Waals surface area contributed by atoms with Crippen LogP contribution in [0.25, 0.3) is 0 Å². The molecule has 2 aromatic rings.